The summed E-state index contributed by atoms with van der Waals surface area (Å²) in [5, 5.41) is 9.49. The molecule has 0 aliphatic heterocycles. The molecule has 1 aromatic rings. The van der Waals surface area contributed by atoms with E-state index in [0.29, 0.717) is 5.92 Å². The Balaban J connectivity index is 1.58. The average Bonchev–Trinajstić information content (AvgIpc) is 3.01. The van der Waals surface area contributed by atoms with Gasteiger partial charge in [-0.2, -0.15) is 11.8 Å². The van der Waals surface area contributed by atoms with E-state index >= 15 is 0 Å². The number of unbranched alkanes of at least 4 members (excludes halogenated alkanes) is 1. The van der Waals surface area contributed by atoms with Gasteiger partial charge in [0.15, 0.2) is 0 Å². The molecule has 2 aliphatic rings. The van der Waals surface area contributed by atoms with Crippen molar-refractivity contribution in [3.05, 3.63) is 34.9 Å². The Morgan fingerprint density at radius 3 is 2.92 bits per heavy atom. The minimum Gasteiger partial charge on any atom is -0.394 e. The maximum atomic E-state index is 9.49. The number of rotatable bonds is 7. The Kier molecular flexibility index (Phi) is 6.28. The zero-order valence-electron chi connectivity index (χ0n) is 15.1. The van der Waals surface area contributed by atoms with Crippen molar-refractivity contribution >= 4 is 11.8 Å². The van der Waals surface area contributed by atoms with Crippen LogP contribution in [-0.4, -0.2) is 28.8 Å². The number of aliphatic hydroxyl groups is 1. The molecule has 3 rings (SSSR count). The molecule has 3 N–H and O–H groups in total. The molecule has 24 heavy (non-hydrogen) atoms. The molecule has 0 bridgehead atoms. The molecule has 3 heteroatoms. The fraction of sp³-hybridized carbons (Fsp3) is 0.714. The van der Waals surface area contributed by atoms with Crippen molar-refractivity contribution in [3.63, 3.8) is 0 Å². The summed E-state index contributed by atoms with van der Waals surface area (Å²) in [5.74, 6) is 4.06. The van der Waals surface area contributed by atoms with Gasteiger partial charge in [0.2, 0.25) is 0 Å². The summed E-state index contributed by atoms with van der Waals surface area (Å²) in [6.45, 7) is 2.39. The lowest BCUT2D eigenvalue weighted by molar-refractivity contribution is 0.198. The van der Waals surface area contributed by atoms with Gasteiger partial charge in [-0.25, -0.2) is 0 Å². The molecule has 0 radical (unpaired) electrons. The number of aryl methyl sites for hydroxylation is 1. The smallest absolute Gasteiger partial charge is 0.0611 e. The highest BCUT2D eigenvalue weighted by Gasteiger charge is 2.36. The average molecular weight is 348 g/mol. The molecule has 2 aliphatic carbocycles. The SMILES string of the molecule is CCCCSCC1CCc2cc([C@H]3CC[C@](N)(CO)C3)ccc2C1. The topological polar surface area (TPSA) is 46.2 Å². The summed E-state index contributed by atoms with van der Waals surface area (Å²) < 4.78 is 0. The van der Waals surface area contributed by atoms with Crippen LogP contribution in [0.4, 0.5) is 0 Å². The third kappa shape index (κ3) is 4.36. The zero-order chi connectivity index (χ0) is 17.0. The normalized spacial score (nSPS) is 29.6. The zero-order valence-corrected chi connectivity index (χ0v) is 15.9. The number of hydrogen-bond donors (Lipinski definition) is 2. The van der Waals surface area contributed by atoms with E-state index in [0.717, 1.165) is 25.2 Å². The van der Waals surface area contributed by atoms with Crippen molar-refractivity contribution in [2.75, 3.05) is 18.1 Å². The Bertz CT molecular complexity index is 547. The van der Waals surface area contributed by atoms with Crippen molar-refractivity contribution in [3.8, 4) is 0 Å². The summed E-state index contributed by atoms with van der Waals surface area (Å²) in [5.41, 5.74) is 10.5. The minimum absolute atomic E-state index is 0.117. The lowest BCUT2D eigenvalue weighted by atomic mass is 9.82. The second-order valence-electron chi connectivity index (χ2n) is 8.03. The number of fused-ring (bicyclic) bond motifs is 1. The van der Waals surface area contributed by atoms with Gasteiger partial charge in [-0.1, -0.05) is 31.5 Å². The van der Waals surface area contributed by atoms with Crippen LogP contribution in [0.15, 0.2) is 18.2 Å². The van der Waals surface area contributed by atoms with E-state index in [1.54, 1.807) is 11.1 Å². The van der Waals surface area contributed by atoms with Gasteiger partial charge in [0.1, 0.15) is 0 Å². The van der Waals surface area contributed by atoms with Crippen LogP contribution in [0.2, 0.25) is 0 Å². The highest BCUT2D eigenvalue weighted by molar-refractivity contribution is 7.99. The van der Waals surface area contributed by atoms with E-state index in [-0.39, 0.29) is 12.1 Å². The summed E-state index contributed by atoms with van der Waals surface area (Å²) in [7, 11) is 0. The van der Waals surface area contributed by atoms with Gasteiger partial charge in [-0.05, 0) is 85.0 Å². The van der Waals surface area contributed by atoms with Crippen LogP contribution in [-0.2, 0) is 12.8 Å². The molecule has 2 nitrogen and oxygen atoms in total. The van der Waals surface area contributed by atoms with Crippen LogP contribution < -0.4 is 5.73 Å². The Labute approximate surface area is 151 Å². The van der Waals surface area contributed by atoms with Crippen LogP contribution in [0.1, 0.15) is 68.1 Å². The van der Waals surface area contributed by atoms with Gasteiger partial charge < -0.3 is 10.8 Å². The lowest BCUT2D eigenvalue weighted by Crippen LogP contribution is -2.40. The molecular weight excluding hydrogens is 314 g/mol. The van der Waals surface area contributed by atoms with E-state index in [9.17, 15) is 5.11 Å². The van der Waals surface area contributed by atoms with Crippen molar-refractivity contribution in [1.82, 2.24) is 0 Å². The molecule has 0 spiro atoms. The minimum atomic E-state index is -0.346. The molecule has 0 heterocycles. The van der Waals surface area contributed by atoms with E-state index < -0.39 is 0 Å². The van der Waals surface area contributed by atoms with E-state index in [4.69, 9.17) is 5.73 Å². The third-order valence-corrected chi connectivity index (χ3v) is 7.27. The molecule has 134 valence electrons. The van der Waals surface area contributed by atoms with Gasteiger partial charge >= 0.3 is 0 Å². The largest absolute Gasteiger partial charge is 0.394 e. The molecule has 0 amide bonds. The first-order valence-corrected chi connectivity index (χ1v) is 10.9. The molecule has 3 atom stereocenters. The van der Waals surface area contributed by atoms with Crippen molar-refractivity contribution < 1.29 is 5.11 Å². The molecule has 1 aromatic carbocycles. The van der Waals surface area contributed by atoms with Gasteiger partial charge in [0, 0.05) is 5.54 Å². The monoisotopic (exact) mass is 347 g/mol. The van der Waals surface area contributed by atoms with Crippen molar-refractivity contribution in [2.24, 2.45) is 11.7 Å². The van der Waals surface area contributed by atoms with Gasteiger partial charge in [0.25, 0.3) is 0 Å². The quantitative estimate of drug-likeness (QED) is 0.724. The van der Waals surface area contributed by atoms with Gasteiger partial charge in [-0.15, -0.1) is 0 Å². The number of benzene rings is 1. The predicted octanol–water partition coefficient (Wildman–Crippen LogP) is 4.28. The summed E-state index contributed by atoms with van der Waals surface area (Å²) in [6, 6.07) is 7.16. The Morgan fingerprint density at radius 2 is 2.17 bits per heavy atom. The van der Waals surface area contributed by atoms with E-state index in [2.05, 4.69) is 36.9 Å². The summed E-state index contributed by atoms with van der Waals surface area (Å²) >= 11 is 2.15. The molecule has 0 saturated heterocycles. The lowest BCUT2D eigenvalue weighted by Gasteiger charge is -2.26. The second kappa shape index (κ2) is 8.25. The molecular formula is C21H33NOS. The van der Waals surface area contributed by atoms with Crippen LogP contribution in [0, 0.1) is 5.92 Å². The molecule has 0 aromatic heterocycles. The first-order chi connectivity index (χ1) is 11.6. The number of thioether (sulfide) groups is 1. The van der Waals surface area contributed by atoms with Crippen LogP contribution in [0.5, 0.6) is 0 Å². The van der Waals surface area contributed by atoms with Crippen LogP contribution in [0.25, 0.3) is 0 Å². The third-order valence-electron chi connectivity index (χ3n) is 5.99. The van der Waals surface area contributed by atoms with Gasteiger partial charge in [0.05, 0.1) is 6.61 Å². The fourth-order valence-corrected chi connectivity index (χ4v) is 5.60. The van der Waals surface area contributed by atoms with Gasteiger partial charge in [-0.3, -0.25) is 0 Å². The maximum absolute atomic E-state index is 9.49. The highest BCUT2D eigenvalue weighted by atomic mass is 32.2. The molecule has 1 fully saturated rings. The van der Waals surface area contributed by atoms with Crippen LogP contribution >= 0.6 is 11.8 Å². The van der Waals surface area contributed by atoms with E-state index in [1.807, 2.05) is 0 Å². The van der Waals surface area contributed by atoms with Crippen molar-refractivity contribution in [1.29, 1.82) is 0 Å². The summed E-state index contributed by atoms with van der Waals surface area (Å²) in [6.07, 6.45) is 9.51. The molecule has 1 saturated carbocycles. The second-order valence-corrected chi connectivity index (χ2v) is 9.18. The fourth-order valence-electron chi connectivity index (χ4n) is 4.33. The first kappa shape index (κ1) is 18.3. The number of nitrogens with two attached hydrogens (primary N) is 1. The standard InChI is InChI=1S/C21H33NOS/c1-2-3-10-24-14-16-4-5-18-12-19(7-6-17(18)11-16)20-8-9-21(22,13-20)15-23/h6-7,12,16,20,23H,2-5,8-11,13-15,22H2,1H3/t16?,20-,21+/m0/s1. The molecule has 1 unspecified atom stereocenters. The van der Waals surface area contributed by atoms with Crippen molar-refractivity contribution in [2.45, 2.75) is 69.7 Å². The summed E-state index contributed by atoms with van der Waals surface area (Å²) in [4.78, 5) is 0. The number of hydrogen-bond acceptors (Lipinski definition) is 3. The number of aliphatic hydroxyl groups excluding tert-OH is 1. The predicted molar refractivity (Wildman–Crippen MR) is 105 cm³/mol. The Hall–Kier alpha value is -0.510. The highest BCUT2D eigenvalue weighted by Crippen LogP contribution is 2.40. The Morgan fingerprint density at radius 1 is 1.29 bits per heavy atom. The van der Waals surface area contributed by atoms with Crippen LogP contribution in [0.3, 0.4) is 0 Å². The first-order valence-electron chi connectivity index (χ1n) is 9.73. The maximum Gasteiger partial charge on any atom is 0.0611 e. The van der Waals surface area contributed by atoms with E-state index in [1.165, 1.54) is 49.2 Å².